The third-order valence-electron chi connectivity index (χ3n) is 3.29. The number of hydrogen-bond acceptors (Lipinski definition) is 4. The fraction of sp³-hybridized carbons (Fsp3) is 0.545. The smallest absolute Gasteiger partial charge is 0.276 e. The van der Waals surface area contributed by atoms with Crippen LogP contribution in [0.4, 0.5) is 11.5 Å². The third-order valence-corrected chi connectivity index (χ3v) is 3.48. The zero-order valence-corrected chi connectivity index (χ0v) is 10.5. The van der Waals surface area contributed by atoms with Crippen LogP contribution in [0, 0.1) is 22.0 Å². The number of halogens is 1. The number of nitro groups is 1. The van der Waals surface area contributed by atoms with E-state index in [0.717, 1.165) is 13.1 Å². The molecule has 0 radical (unpaired) electrons. The first-order valence-corrected chi connectivity index (χ1v) is 5.92. The molecule has 17 heavy (non-hydrogen) atoms. The van der Waals surface area contributed by atoms with Gasteiger partial charge in [-0.3, -0.25) is 10.1 Å². The predicted octanol–water partition coefficient (Wildman–Crippen LogP) is 2.74. The van der Waals surface area contributed by atoms with Crippen molar-refractivity contribution >= 4 is 23.1 Å². The molecule has 0 aromatic carbocycles. The summed E-state index contributed by atoms with van der Waals surface area (Å²) in [4.78, 5) is 16.5. The highest BCUT2D eigenvalue weighted by Crippen LogP contribution is 2.29. The molecule has 1 aliphatic heterocycles. The van der Waals surface area contributed by atoms with Crippen LogP contribution in [0.2, 0.25) is 5.15 Å². The third kappa shape index (κ3) is 2.49. The number of hydrogen-bond donors (Lipinski definition) is 0. The Bertz CT molecular complexity index is 442. The van der Waals surface area contributed by atoms with Gasteiger partial charge in [0.25, 0.3) is 5.69 Å². The molecule has 1 aromatic rings. The Morgan fingerprint density at radius 2 is 2.00 bits per heavy atom. The molecule has 0 saturated carbocycles. The van der Waals surface area contributed by atoms with Crippen molar-refractivity contribution < 1.29 is 4.92 Å². The number of rotatable bonds is 2. The normalized spacial score (nSPS) is 24.1. The van der Waals surface area contributed by atoms with Crippen molar-refractivity contribution in [3.8, 4) is 0 Å². The Labute approximate surface area is 105 Å². The average molecular weight is 256 g/mol. The van der Waals surface area contributed by atoms with Crippen molar-refractivity contribution in [2.75, 3.05) is 18.0 Å². The Morgan fingerprint density at radius 3 is 2.53 bits per heavy atom. The molecule has 0 spiro atoms. The number of nitrogens with zero attached hydrogens (tertiary/aromatic N) is 3. The fourth-order valence-corrected chi connectivity index (χ4v) is 2.25. The van der Waals surface area contributed by atoms with Gasteiger partial charge in [0.2, 0.25) is 0 Å². The van der Waals surface area contributed by atoms with Gasteiger partial charge in [0.1, 0.15) is 11.0 Å². The summed E-state index contributed by atoms with van der Waals surface area (Å²) in [5.41, 5.74) is -0.00722. The van der Waals surface area contributed by atoms with Crippen LogP contribution in [-0.2, 0) is 0 Å². The van der Waals surface area contributed by atoms with Crippen molar-refractivity contribution in [1.82, 2.24) is 4.98 Å². The van der Waals surface area contributed by atoms with Gasteiger partial charge in [-0.1, -0.05) is 25.4 Å². The van der Waals surface area contributed by atoms with Crippen LogP contribution >= 0.6 is 11.6 Å². The predicted molar refractivity (Wildman–Crippen MR) is 66.4 cm³/mol. The quantitative estimate of drug-likeness (QED) is 0.463. The fourth-order valence-electron chi connectivity index (χ4n) is 2.05. The van der Waals surface area contributed by atoms with Crippen LogP contribution in [0.1, 0.15) is 13.8 Å². The van der Waals surface area contributed by atoms with E-state index in [-0.39, 0.29) is 10.8 Å². The minimum atomic E-state index is -0.444. The molecule has 1 aromatic heterocycles. The monoisotopic (exact) mass is 255 g/mol. The zero-order chi connectivity index (χ0) is 12.6. The molecule has 1 fully saturated rings. The summed E-state index contributed by atoms with van der Waals surface area (Å²) in [6.45, 7) is 6.07. The van der Waals surface area contributed by atoms with Crippen LogP contribution in [0.5, 0.6) is 0 Å². The van der Waals surface area contributed by atoms with E-state index in [1.807, 2.05) is 4.90 Å². The summed E-state index contributed by atoms with van der Waals surface area (Å²) in [5.74, 6) is 1.73. The van der Waals surface area contributed by atoms with Crippen LogP contribution in [0.25, 0.3) is 0 Å². The van der Waals surface area contributed by atoms with Crippen molar-refractivity contribution in [2.45, 2.75) is 13.8 Å². The lowest BCUT2D eigenvalue weighted by Gasteiger charge is -2.16. The molecule has 6 heteroatoms. The molecular formula is C11H14ClN3O2. The van der Waals surface area contributed by atoms with Gasteiger partial charge in [0, 0.05) is 13.1 Å². The first-order valence-electron chi connectivity index (χ1n) is 5.54. The summed E-state index contributed by atoms with van der Waals surface area (Å²) in [6.07, 6.45) is 0. The molecule has 1 saturated heterocycles. The van der Waals surface area contributed by atoms with E-state index in [4.69, 9.17) is 11.6 Å². The minimum absolute atomic E-state index is 0.00722. The Morgan fingerprint density at radius 1 is 1.41 bits per heavy atom. The Hall–Kier alpha value is -1.36. The lowest BCUT2D eigenvalue weighted by Crippen LogP contribution is -2.20. The first-order chi connectivity index (χ1) is 7.97. The average Bonchev–Trinajstić information content (AvgIpc) is 2.58. The number of aromatic nitrogens is 1. The van der Waals surface area contributed by atoms with Crippen LogP contribution < -0.4 is 4.90 Å². The maximum Gasteiger partial charge on any atom is 0.276 e. The SMILES string of the molecule is CC1CN(c2cc([N+](=O)[O-])cc(Cl)n2)CC1C. The van der Waals surface area contributed by atoms with Gasteiger partial charge in [-0.05, 0) is 11.8 Å². The number of pyridine rings is 1. The molecule has 2 rings (SSSR count). The molecule has 2 heterocycles. The van der Waals surface area contributed by atoms with Gasteiger partial charge in [-0.15, -0.1) is 0 Å². The lowest BCUT2D eigenvalue weighted by molar-refractivity contribution is -0.384. The summed E-state index contributed by atoms with van der Waals surface area (Å²) < 4.78 is 0. The van der Waals surface area contributed by atoms with Gasteiger partial charge < -0.3 is 4.90 Å². The van der Waals surface area contributed by atoms with Crippen molar-refractivity contribution in [2.24, 2.45) is 11.8 Å². The molecule has 92 valence electrons. The molecule has 1 aliphatic rings. The van der Waals surface area contributed by atoms with E-state index >= 15 is 0 Å². The molecule has 0 bridgehead atoms. The van der Waals surface area contributed by atoms with Gasteiger partial charge in [-0.25, -0.2) is 4.98 Å². The lowest BCUT2D eigenvalue weighted by atomic mass is 10.0. The summed E-state index contributed by atoms with van der Waals surface area (Å²) >= 11 is 5.80. The van der Waals surface area contributed by atoms with E-state index in [0.29, 0.717) is 17.7 Å². The van der Waals surface area contributed by atoms with Crippen LogP contribution in [0.15, 0.2) is 12.1 Å². The molecule has 0 aliphatic carbocycles. The van der Waals surface area contributed by atoms with Crippen molar-refractivity contribution in [3.05, 3.63) is 27.4 Å². The van der Waals surface area contributed by atoms with Crippen LogP contribution in [0.3, 0.4) is 0 Å². The summed E-state index contributed by atoms with van der Waals surface area (Å²) in [5, 5.41) is 10.9. The van der Waals surface area contributed by atoms with Gasteiger partial charge >= 0.3 is 0 Å². The highest BCUT2D eigenvalue weighted by Gasteiger charge is 2.28. The maximum absolute atomic E-state index is 10.7. The molecule has 0 amide bonds. The van der Waals surface area contributed by atoms with E-state index in [2.05, 4.69) is 18.8 Å². The van der Waals surface area contributed by atoms with E-state index in [9.17, 15) is 10.1 Å². The second-order valence-corrected chi connectivity index (χ2v) is 5.01. The highest BCUT2D eigenvalue weighted by atomic mass is 35.5. The van der Waals surface area contributed by atoms with Crippen molar-refractivity contribution in [3.63, 3.8) is 0 Å². The second kappa shape index (κ2) is 4.49. The molecule has 5 nitrogen and oxygen atoms in total. The van der Waals surface area contributed by atoms with Gasteiger partial charge in [-0.2, -0.15) is 0 Å². The molecule has 2 unspecified atom stereocenters. The minimum Gasteiger partial charge on any atom is -0.356 e. The first kappa shape index (κ1) is 12.1. The standard InChI is InChI=1S/C11H14ClN3O2/c1-7-5-14(6-8(7)2)11-4-9(15(16)17)3-10(12)13-11/h3-4,7-8H,5-6H2,1-2H3. The molecular weight excluding hydrogens is 242 g/mol. The van der Waals surface area contributed by atoms with E-state index < -0.39 is 4.92 Å². The van der Waals surface area contributed by atoms with Gasteiger partial charge in [0.15, 0.2) is 0 Å². The number of anilines is 1. The van der Waals surface area contributed by atoms with E-state index in [1.165, 1.54) is 12.1 Å². The van der Waals surface area contributed by atoms with Gasteiger partial charge in [0.05, 0.1) is 17.1 Å². The zero-order valence-electron chi connectivity index (χ0n) is 9.76. The van der Waals surface area contributed by atoms with E-state index in [1.54, 1.807) is 0 Å². The molecule has 0 N–H and O–H groups in total. The maximum atomic E-state index is 10.7. The summed E-state index contributed by atoms with van der Waals surface area (Å²) in [7, 11) is 0. The van der Waals surface area contributed by atoms with Crippen molar-refractivity contribution in [1.29, 1.82) is 0 Å². The topological polar surface area (TPSA) is 59.3 Å². The Kier molecular flexibility index (Phi) is 3.19. The molecule has 2 atom stereocenters. The largest absolute Gasteiger partial charge is 0.356 e. The highest BCUT2D eigenvalue weighted by molar-refractivity contribution is 6.29. The Balaban J connectivity index is 2.30. The second-order valence-electron chi connectivity index (χ2n) is 4.62. The van der Waals surface area contributed by atoms with Crippen LogP contribution in [-0.4, -0.2) is 23.0 Å². The summed E-state index contributed by atoms with van der Waals surface area (Å²) in [6, 6.07) is 2.75.